The van der Waals surface area contributed by atoms with Crippen LogP contribution in [0.4, 0.5) is 0 Å². The number of benzene rings is 2. The molecule has 0 bridgehead atoms. The lowest BCUT2D eigenvalue weighted by Gasteiger charge is -2.11. The van der Waals surface area contributed by atoms with Gasteiger partial charge in [0.25, 0.3) is 0 Å². The average molecular weight is 259 g/mol. The number of hydrogen-bond donors (Lipinski definition) is 0. The highest BCUT2D eigenvalue weighted by molar-refractivity contribution is 6.30. The number of rotatable bonds is 4. The Morgan fingerprint density at radius 1 is 1.17 bits per heavy atom. The number of aryl methyl sites for hydroxylation is 1. The minimum atomic E-state index is -0.107. The van der Waals surface area contributed by atoms with Gasteiger partial charge in [-0.05, 0) is 36.6 Å². The fourth-order valence-corrected chi connectivity index (χ4v) is 2.19. The summed E-state index contributed by atoms with van der Waals surface area (Å²) in [5, 5.41) is 0.709. The van der Waals surface area contributed by atoms with Crippen LogP contribution in [0, 0.1) is 6.92 Å². The van der Waals surface area contributed by atoms with E-state index < -0.39 is 0 Å². The van der Waals surface area contributed by atoms with Gasteiger partial charge in [-0.15, -0.1) is 0 Å². The summed E-state index contributed by atoms with van der Waals surface area (Å²) in [6.07, 6.45) is 1.69. The van der Waals surface area contributed by atoms with Crippen molar-refractivity contribution in [3.8, 4) is 0 Å². The van der Waals surface area contributed by atoms with Gasteiger partial charge in [-0.3, -0.25) is 0 Å². The van der Waals surface area contributed by atoms with Gasteiger partial charge in [0.1, 0.15) is 6.29 Å². The van der Waals surface area contributed by atoms with Crippen LogP contribution >= 0.6 is 11.6 Å². The molecule has 1 atom stereocenters. The topological polar surface area (TPSA) is 17.1 Å². The number of halogens is 1. The minimum Gasteiger partial charge on any atom is -0.303 e. The summed E-state index contributed by atoms with van der Waals surface area (Å²) in [6.45, 7) is 2.04. The van der Waals surface area contributed by atoms with E-state index in [1.165, 1.54) is 5.56 Å². The Labute approximate surface area is 112 Å². The summed E-state index contributed by atoms with van der Waals surface area (Å²) in [4.78, 5) is 11.2. The largest absolute Gasteiger partial charge is 0.303 e. The van der Waals surface area contributed by atoms with Crippen molar-refractivity contribution in [3.63, 3.8) is 0 Å². The van der Waals surface area contributed by atoms with Gasteiger partial charge in [0.15, 0.2) is 0 Å². The number of aldehydes is 1. The van der Waals surface area contributed by atoms with Crippen LogP contribution in [0.3, 0.4) is 0 Å². The molecule has 18 heavy (non-hydrogen) atoms. The molecule has 0 N–H and O–H groups in total. The van der Waals surface area contributed by atoms with Crippen LogP contribution in [0.5, 0.6) is 0 Å². The van der Waals surface area contributed by atoms with Crippen molar-refractivity contribution in [3.05, 3.63) is 70.2 Å². The molecule has 0 radical (unpaired) electrons. The summed E-state index contributed by atoms with van der Waals surface area (Å²) < 4.78 is 0. The van der Waals surface area contributed by atoms with Crippen LogP contribution in [-0.2, 0) is 11.2 Å². The fourth-order valence-electron chi connectivity index (χ4n) is 1.98. The molecule has 0 saturated heterocycles. The van der Waals surface area contributed by atoms with E-state index in [1.54, 1.807) is 0 Å². The van der Waals surface area contributed by atoms with Gasteiger partial charge >= 0.3 is 0 Å². The smallest absolute Gasteiger partial charge is 0.127 e. The zero-order valence-electron chi connectivity index (χ0n) is 10.3. The van der Waals surface area contributed by atoms with Crippen molar-refractivity contribution in [1.82, 2.24) is 0 Å². The zero-order chi connectivity index (χ0) is 13.0. The first-order chi connectivity index (χ1) is 8.69. The third-order valence-electron chi connectivity index (χ3n) is 3.01. The molecule has 2 rings (SSSR count). The molecule has 1 unspecified atom stereocenters. The second kappa shape index (κ2) is 5.83. The van der Waals surface area contributed by atoms with Crippen molar-refractivity contribution in [2.75, 3.05) is 0 Å². The van der Waals surface area contributed by atoms with E-state index in [0.717, 1.165) is 17.4 Å². The normalized spacial score (nSPS) is 12.1. The Hall–Kier alpha value is -1.60. The first-order valence-corrected chi connectivity index (χ1v) is 6.33. The summed E-state index contributed by atoms with van der Waals surface area (Å²) in [6, 6.07) is 15.7. The van der Waals surface area contributed by atoms with Crippen molar-refractivity contribution >= 4 is 17.9 Å². The van der Waals surface area contributed by atoms with Crippen LogP contribution in [0.25, 0.3) is 0 Å². The van der Waals surface area contributed by atoms with E-state index >= 15 is 0 Å². The van der Waals surface area contributed by atoms with E-state index in [2.05, 4.69) is 0 Å². The molecule has 0 spiro atoms. The molecule has 0 aliphatic rings. The molecule has 0 aromatic heterocycles. The Balaban J connectivity index is 2.19. The summed E-state index contributed by atoms with van der Waals surface area (Å²) in [5.74, 6) is -0.107. The second-order valence-electron chi connectivity index (χ2n) is 4.49. The average Bonchev–Trinajstić information content (AvgIpc) is 2.37. The van der Waals surface area contributed by atoms with Crippen LogP contribution in [0.2, 0.25) is 5.02 Å². The molecule has 2 aromatic rings. The van der Waals surface area contributed by atoms with E-state index in [0.29, 0.717) is 11.4 Å². The Kier molecular flexibility index (Phi) is 4.16. The van der Waals surface area contributed by atoms with E-state index in [1.807, 2.05) is 55.5 Å². The van der Waals surface area contributed by atoms with Crippen LogP contribution < -0.4 is 0 Å². The summed E-state index contributed by atoms with van der Waals surface area (Å²) >= 11 is 5.95. The maximum atomic E-state index is 11.2. The Bertz CT molecular complexity index is 531. The molecule has 0 heterocycles. The van der Waals surface area contributed by atoms with Gasteiger partial charge < -0.3 is 4.79 Å². The van der Waals surface area contributed by atoms with Gasteiger partial charge in [-0.1, -0.05) is 53.6 Å². The fraction of sp³-hybridized carbons (Fsp3) is 0.188. The van der Waals surface area contributed by atoms with Gasteiger partial charge in [0.2, 0.25) is 0 Å². The third-order valence-corrected chi connectivity index (χ3v) is 3.25. The van der Waals surface area contributed by atoms with Crippen LogP contribution in [-0.4, -0.2) is 6.29 Å². The SMILES string of the molecule is Cc1ccc(C(C=O)Cc2cccc(Cl)c2)cc1. The second-order valence-corrected chi connectivity index (χ2v) is 4.92. The van der Waals surface area contributed by atoms with Gasteiger partial charge in [0, 0.05) is 10.9 Å². The maximum Gasteiger partial charge on any atom is 0.127 e. The van der Waals surface area contributed by atoms with E-state index in [9.17, 15) is 4.79 Å². The molecule has 1 nitrogen and oxygen atoms in total. The van der Waals surface area contributed by atoms with Crippen LogP contribution in [0.15, 0.2) is 48.5 Å². The number of carbonyl (C=O) groups excluding carboxylic acids is 1. The molecule has 0 amide bonds. The first kappa shape index (κ1) is 12.8. The molecule has 2 aromatic carbocycles. The highest BCUT2D eigenvalue weighted by Gasteiger charge is 2.11. The third kappa shape index (κ3) is 3.21. The van der Waals surface area contributed by atoms with Gasteiger partial charge in [-0.2, -0.15) is 0 Å². The Morgan fingerprint density at radius 2 is 1.89 bits per heavy atom. The van der Waals surface area contributed by atoms with Gasteiger partial charge in [-0.25, -0.2) is 0 Å². The molecule has 0 fully saturated rings. The molecule has 0 saturated carbocycles. The van der Waals surface area contributed by atoms with Crippen molar-refractivity contribution < 1.29 is 4.79 Å². The standard InChI is InChI=1S/C16H15ClO/c1-12-5-7-14(8-6-12)15(11-18)9-13-3-2-4-16(17)10-13/h2-8,10-11,15H,9H2,1H3. The number of carbonyl (C=O) groups is 1. The van der Waals surface area contributed by atoms with Crippen LogP contribution in [0.1, 0.15) is 22.6 Å². The van der Waals surface area contributed by atoms with Crippen molar-refractivity contribution in [2.24, 2.45) is 0 Å². The van der Waals surface area contributed by atoms with E-state index in [-0.39, 0.29) is 5.92 Å². The predicted octanol–water partition coefficient (Wildman–Crippen LogP) is 4.17. The lowest BCUT2D eigenvalue weighted by atomic mass is 9.93. The lowest BCUT2D eigenvalue weighted by molar-refractivity contribution is -0.109. The van der Waals surface area contributed by atoms with Crippen molar-refractivity contribution in [1.29, 1.82) is 0 Å². The monoisotopic (exact) mass is 258 g/mol. The van der Waals surface area contributed by atoms with Crippen molar-refractivity contribution in [2.45, 2.75) is 19.3 Å². The Morgan fingerprint density at radius 3 is 2.50 bits per heavy atom. The summed E-state index contributed by atoms with van der Waals surface area (Å²) in [7, 11) is 0. The first-order valence-electron chi connectivity index (χ1n) is 5.95. The predicted molar refractivity (Wildman–Crippen MR) is 75.1 cm³/mol. The molecular formula is C16H15ClO. The molecular weight excluding hydrogens is 244 g/mol. The maximum absolute atomic E-state index is 11.2. The summed E-state index contributed by atoms with van der Waals surface area (Å²) in [5.41, 5.74) is 3.34. The zero-order valence-corrected chi connectivity index (χ0v) is 11.0. The van der Waals surface area contributed by atoms with Gasteiger partial charge in [0.05, 0.1) is 0 Å². The molecule has 2 heteroatoms. The molecule has 0 aliphatic heterocycles. The minimum absolute atomic E-state index is 0.107. The quantitative estimate of drug-likeness (QED) is 0.752. The highest BCUT2D eigenvalue weighted by Crippen LogP contribution is 2.21. The lowest BCUT2D eigenvalue weighted by Crippen LogP contribution is -2.04. The highest BCUT2D eigenvalue weighted by atomic mass is 35.5. The molecule has 92 valence electrons. The van der Waals surface area contributed by atoms with E-state index in [4.69, 9.17) is 11.6 Å². The molecule has 0 aliphatic carbocycles. The number of hydrogen-bond acceptors (Lipinski definition) is 1.